The van der Waals surface area contributed by atoms with E-state index < -0.39 is 4.92 Å². The lowest BCUT2D eigenvalue weighted by Crippen LogP contribution is -2.23. The largest absolute Gasteiger partial charge is 0.394 e. The highest BCUT2D eigenvalue weighted by Crippen LogP contribution is 2.31. The van der Waals surface area contributed by atoms with E-state index in [0.29, 0.717) is 16.6 Å². The van der Waals surface area contributed by atoms with Crippen molar-refractivity contribution in [2.24, 2.45) is 0 Å². The molecule has 1 aromatic heterocycles. The van der Waals surface area contributed by atoms with Crippen LogP contribution in [0.2, 0.25) is 0 Å². The summed E-state index contributed by atoms with van der Waals surface area (Å²) in [6, 6.07) is -0.211. The highest BCUT2D eigenvalue weighted by Gasteiger charge is 2.19. The first-order chi connectivity index (χ1) is 7.60. The van der Waals surface area contributed by atoms with Crippen molar-refractivity contribution in [2.45, 2.75) is 19.4 Å². The molecule has 0 saturated heterocycles. The molecule has 6 nitrogen and oxygen atoms in total. The fraction of sp³-hybridized carbons (Fsp3) is 0.444. The van der Waals surface area contributed by atoms with E-state index in [9.17, 15) is 10.1 Å². The Bertz CT molecular complexity index is 382. The van der Waals surface area contributed by atoms with Gasteiger partial charge in [-0.2, -0.15) is 0 Å². The van der Waals surface area contributed by atoms with Crippen molar-refractivity contribution in [1.82, 2.24) is 4.98 Å². The summed E-state index contributed by atoms with van der Waals surface area (Å²) in [6.45, 7) is 1.80. The predicted octanol–water partition coefficient (Wildman–Crippen LogP) is 1.94. The SMILES string of the molecule is CC[C@@H](CO)Nc1c(Br)cncc1[N+](=O)[O-]. The third-order valence-electron chi connectivity index (χ3n) is 2.14. The molecule has 88 valence electrons. The molecule has 1 heterocycles. The lowest BCUT2D eigenvalue weighted by molar-refractivity contribution is -0.384. The maximum atomic E-state index is 10.8. The first-order valence-electron chi connectivity index (χ1n) is 4.75. The van der Waals surface area contributed by atoms with Gasteiger partial charge in [0.05, 0.1) is 16.0 Å². The second kappa shape index (κ2) is 5.76. The van der Waals surface area contributed by atoms with Crippen LogP contribution >= 0.6 is 15.9 Å². The van der Waals surface area contributed by atoms with E-state index in [4.69, 9.17) is 5.11 Å². The Morgan fingerprint density at radius 2 is 2.38 bits per heavy atom. The van der Waals surface area contributed by atoms with Crippen LogP contribution in [0.5, 0.6) is 0 Å². The van der Waals surface area contributed by atoms with Crippen molar-refractivity contribution < 1.29 is 10.0 Å². The zero-order valence-electron chi connectivity index (χ0n) is 8.68. The molecule has 7 heteroatoms. The molecule has 0 aliphatic carbocycles. The van der Waals surface area contributed by atoms with Crippen LogP contribution in [0.1, 0.15) is 13.3 Å². The van der Waals surface area contributed by atoms with Crippen LogP contribution in [-0.4, -0.2) is 27.7 Å². The van der Waals surface area contributed by atoms with Gasteiger partial charge in [-0.25, -0.2) is 0 Å². The maximum Gasteiger partial charge on any atom is 0.311 e. The Morgan fingerprint density at radius 3 is 2.88 bits per heavy atom. The molecule has 0 unspecified atom stereocenters. The first kappa shape index (κ1) is 12.9. The van der Waals surface area contributed by atoms with E-state index in [1.807, 2.05) is 6.92 Å². The van der Waals surface area contributed by atoms with E-state index in [1.165, 1.54) is 12.4 Å². The summed E-state index contributed by atoms with van der Waals surface area (Å²) in [5.74, 6) is 0. The monoisotopic (exact) mass is 289 g/mol. The van der Waals surface area contributed by atoms with Gasteiger partial charge in [0.25, 0.3) is 0 Å². The van der Waals surface area contributed by atoms with Gasteiger partial charge in [0.15, 0.2) is 0 Å². The van der Waals surface area contributed by atoms with Gasteiger partial charge in [0, 0.05) is 12.2 Å². The normalized spacial score (nSPS) is 12.2. The topological polar surface area (TPSA) is 88.3 Å². The van der Waals surface area contributed by atoms with Crippen LogP contribution in [0.15, 0.2) is 16.9 Å². The average Bonchev–Trinajstić information content (AvgIpc) is 2.27. The minimum absolute atomic E-state index is 0.0809. The van der Waals surface area contributed by atoms with Crippen molar-refractivity contribution >= 4 is 27.3 Å². The average molecular weight is 290 g/mol. The van der Waals surface area contributed by atoms with Gasteiger partial charge in [-0.05, 0) is 22.4 Å². The molecule has 1 rings (SSSR count). The summed E-state index contributed by atoms with van der Waals surface area (Å²) < 4.78 is 0.508. The molecule has 0 aromatic carbocycles. The van der Waals surface area contributed by atoms with Crippen LogP contribution in [0.25, 0.3) is 0 Å². The third-order valence-corrected chi connectivity index (χ3v) is 2.74. The van der Waals surface area contributed by atoms with Crippen LogP contribution < -0.4 is 5.32 Å². The Kier molecular flexibility index (Phi) is 4.63. The number of hydrogen-bond acceptors (Lipinski definition) is 5. The number of nitrogens with one attached hydrogen (secondary N) is 1. The molecule has 0 aliphatic rings. The molecule has 1 aromatic rings. The number of aromatic nitrogens is 1. The second-order valence-electron chi connectivity index (χ2n) is 3.20. The fourth-order valence-electron chi connectivity index (χ4n) is 1.19. The highest BCUT2D eigenvalue weighted by molar-refractivity contribution is 9.10. The summed E-state index contributed by atoms with van der Waals surface area (Å²) >= 11 is 3.19. The quantitative estimate of drug-likeness (QED) is 0.639. The molecule has 0 aliphatic heterocycles. The maximum absolute atomic E-state index is 10.8. The lowest BCUT2D eigenvalue weighted by Gasteiger charge is -2.16. The van der Waals surface area contributed by atoms with Gasteiger partial charge in [0.2, 0.25) is 0 Å². The smallest absolute Gasteiger partial charge is 0.311 e. The summed E-state index contributed by atoms with van der Waals surface area (Å²) in [5, 5.41) is 22.7. The van der Waals surface area contributed by atoms with Crippen LogP contribution in [0.4, 0.5) is 11.4 Å². The van der Waals surface area contributed by atoms with Crippen molar-refractivity contribution in [3.8, 4) is 0 Å². The van der Waals surface area contributed by atoms with E-state index in [0.717, 1.165) is 0 Å². The van der Waals surface area contributed by atoms with Gasteiger partial charge < -0.3 is 10.4 Å². The molecule has 16 heavy (non-hydrogen) atoms. The van der Waals surface area contributed by atoms with Crippen LogP contribution in [0, 0.1) is 10.1 Å². The van der Waals surface area contributed by atoms with Crippen molar-refractivity contribution in [1.29, 1.82) is 0 Å². The number of halogens is 1. The summed E-state index contributed by atoms with van der Waals surface area (Å²) in [7, 11) is 0. The minimum atomic E-state index is -0.510. The van der Waals surface area contributed by atoms with E-state index in [1.54, 1.807) is 0 Å². The fourth-order valence-corrected chi connectivity index (χ4v) is 1.62. The number of rotatable bonds is 5. The predicted molar refractivity (Wildman–Crippen MR) is 63.4 cm³/mol. The van der Waals surface area contributed by atoms with E-state index >= 15 is 0 Å². The number of aliphatic hydroxyl groups is 1. The Hall–Kier alpha value is -1.21. The summed E-state index contributed by atoms with van der Waals surface area (Å²) in [4.78, 5) is 14.0. The number of hydrogen-bond donors (Lipinski definition) is 2. The Morgan fingerprint density at radius 1 is 1.69 bits per heavy atom. The Labute approximate surface area is 101 Å². The molecule has 0 saturated carbocycles. The highest BCUT2D eigenvalue weighted by atomic mass is 79.9. The number of anilines is 1. The lowest BCUT2D eigenvalue weighted by atomic mass is 10.2. The molecule has 0 bridgehead atoms. The molecule has 0 spiro atoms. The molecule has 0 amide bonds. The standard InChI is InChI=1S/C9H12BrN3O3/c1-2-6(5-14)12-9-7(10)3-11-4-8(9)13(15)16/h3-4,6,14H,2,5H2,1H3,(H,11,12)/t6-/m0/s1. The third kappa shape index (κ3) is 2.89. The first-order valence-corrected chi connectivity index (χ1v) is 5.54. The van der Waals surface area contributed by atoms with Gasteiger partial charge in [-0.3, -0.25) is 15.1 Å². The molecule has 0 fully saturated rings. The van der Waals surface area contributed by atoms with Crippen LogP contribution in [0.3, 0.4) is 0 Å². The van der Waals surface area contributed by atoms with Crippen molar-refractivity contribution in [2.75, 3.05) is 11.9 Å². The van der Waals surface area contributed by atoms with E-state index in [2.05, 4.69) is 26.2 Å². The van der Waals surface area contributed by atoms with Gasteiger partial charge in [0.1, 0.15) is 11.9 Å². The van der Waals surface area contributed by atoms with Crippen molar-refractivity contribution in [3.63, 3.8) is 0 Å². The van der Waals surface area contributed by atoms with Gasteiger partial charge in [-0.15, -0.1) is 0 Å². The minimum Gasteiger partial charge on any atom is -0.394 e. The molecule has 1 atom stereocenters. The molecular formula is C9H12BrN3O3. The summed E-state index contributed by atoms with van der Waals surface area (Å²) in [5.41, 5.74) is 0.238. The second-order valence-corrected chi connectivity index (χ2v) is 4.06. The number of nitro groups is 1. The number of pyridine rings is 1. The van der Waals surface area contributed by atoms with E-state index in [-0.39, 0.29) is 18.3 Å². The summed E-state index contributed by atoms with van der Waals surface area (Å²) in [6.07, 6.45) is 3.32. The molecular weight excluding hydrogens is 278 g/mol. The Balaban J connectivity index is 3.05. The molecule has 2 N–H and O–H groups in total. The zero-order valence-corrected chi connectivity index (χ0v) is 10.3. The van der Waals surface area contributed by atoms with Crippen molar-refractivity contribution in [3.05, 3.63) is 27.0 Å². The molecule has 0 radical (unpaired) electrons. The van der Waals surface area contributed by atoms with Gasteiger partial charge in [-0.1, -0.05) is 6.92 Å². The van der Waals surface area contributed by atoms with Gasteiger partial charge >= 0.3 is 5.69 Å². The zero-order chi connectivity index (χ0) is 12.1. The number of nitrogens with zero attached hydrogens (tertiary/aromatic N) is 2. The van der Waals surface area contributed by atoms with Crippen LogP contribution in [-0.2, 0) is 0 Å². The number of aliphatic hydroxyl groups excluding tert-OH is 1.